The topological polar surface area (TPSA) is 72.1 Å². The fraction of sp³-hybridized carbons (Fsp3) is 0.353. The van der Waals surface area contributed by atoms with Gasteiger partial charge in [0.05, 0.1) is 5.56 Å². The average molecular weight is 328 g/mol. The van der Waals surface area contributed by atoms with Gasteiger partial charge in [-0.25, -0.2) is 9.97 Å². The number of aromatic nitrogens is 2. The standard InChI is InChI=1S/C17H20N4OS/c18-9-5-1-2-6-12-21-15-16(20-11-10-19-15)23-14-8-4-3-7-13(14)17(21)22/h3-4,7-8,10-11H,1-2,5-6,9,12,18H2. The van der Waals surface area contributed by atoms with Crippen molar-refractivity contribution in [3.05, 3.63) is 42.2 Å². The minimum atomic E-state index is 0.00572. The number of hydrogen-bond donors (Lipinski definition) is 1. The van der Waals surface area contributed by atoms with E-state index >= 15 is 0 Å². The molecule has 1 aromatic heterocycles. The first-order valence-electron chi connectivity index (χ1n) is 7.91. The molecule has 0 atom stereocenters. The third kappa shape index (κ3) is 3.54. The maximum absolute atomic E-state index is 12.9. The predicted molar refractivity (Wildman–Crippen MR) is 91.8 cm³/mol. The first-order valence-corrected chi connectivity index (χ1v) is 8.72. The number of nitrogens with two attached hydrogens (primary N) is 1. The van der Waals surface area contributed by atoms with Crippen LogP contribution in [0.5, 0.6) is 0 Å². The van der Waals surface area contributed by atoms with Crippen LogP contribution in [0.4, 0.5) is 5.82 Å². The number of rotatable bonds is 6. The molecule has 1 aromatic carbocycles. The molecule has 6 heteroatoms. The van der Waals surface area contributed by atoms with Crippen LogP contribution in [0, 0.1) is 0 Å². The number of fused-ring (bicyclic) bond motifs is 2. The van der Waals surface area contributed by atoms with Gasteiger partial charge in [-0.05, 0) is 31.5 Å². The quantitative estimate of drug-likeness (QED) is 0.825. The normalized spacial score (nSPS) is 13.4. The van der Waals surface area contributed by atoms with Crippen LogP contribution in [0.3, 0.4) is 0 Å². The van der Waals surface area contributed by atoms with E-state index in [0.29, 0.717) is 12.4 Å². The maximum atomic E-state index is 12.9. The molecule has 5 nitrogen and oxygen atoms in total. The third-order valence-corrected chi connectivity index (χ3v) is 4.86. The molecule has 0 radical (unpaired) electrons. The summed E-state index contributed by atoms with van der Waals surface area (Å²) in [6.07, 6.45) is 7.44. The van der Waals surface area contributed by atoms with Crippen LogP contribution in [0.1, 0.15) is 36.0 Å². The molecule has 0 fully saturated rings. The van der Waals surface area contributed by atoms with Crippen LogP contribution in [-0.4, -0.2) is 29.0 Å². The summed E-state index contributed by atoms with van der Waals surface area (Å²) in [5.41, 5.74) is 6.25. The van der Waals surface area contributed by atoms with Gasteiger partial charge in [0.2, 0.25) is 0 Å². The van der Waals surface area contributed by atoms with Gasteiger partial charge < -0.3 is 5.73 Å². The first kappa shape index (κ1) is 16.0. The Hall–Kier alpha value is -1.92. The second kappa shape index (κ2) is 7.57. The van der Waals surface area contributed by atoms with Crippen molar-refractivity contribution in [2.45, 2.75) is 35.6 Å². The van der Waals surface area contributed by atoms with Gasteiger partial charge in [-0.2, -0.15) is 0 Å². The van der Waals surface area contributed by atoms with Gasteiger partial charge in [-0.15, -0.1) is 0 Å². The summed E-state index contributed by atoms with van der Waals surface area (Å²) >= 11 is 1.51. The van der Waals surface area contributed by atoms with Gasteiger partial charge in [0, 0.05) is 23.8 Å². The monoisotopic (exact) mass is 328 g/mol. The zero-order valence-electron chi connectivity index (χ0n) is 12.9. The van der Waals surface area contributed by atoms with E-state index in [4.69, 9.17) is 5.73 Å². The Kier molecular flexibility index (Phi) is 5.25. The highest BCUT2D eigenvalue weighted by Crippen LogP contribution is 2.38. The van der Waals surface area contributed by atoms with Crippen molar-refractivity contribution in [1.82, 2.24) is 9.97 Å². The molecule has 2 N–H and O–H groups in total. The lowest BCUT2D eigenvalue weighted by atomic mass is 10.1. The summed E-state index contributed by atoms with van der Waals surface area (Å²) in [5, 5.41) is 0.785. The van der Waals surface area contributed by atoms with Gasteiger partial charge in [-0.1, -0.05) is 36.7 Å². The van der Waals surface area contributed by atoms with Crippen molar-refractivity contribution in [3.8, 4) is 0 Å². The Bertz CT molecular complexity index is 692. The number of amides is 1. The number of nitrogens with zero attached hydrogens (tertiary/aromatic N) is 3. The summed E-state index contributed by atoms with van der Waals surface area (Å²) in [7, 11) is 0. The molecule has 1 aliphatic rings. The zero-order chi connectivity index (χ0) is 16.1. The van der Waals surface area contributed by atoms with E-state index < -0.39 is 0 Å². The molecule has 1 aliphatic heterocycles. The van der Waals surface area contributed by atoms with E-state index in [-0.39, 0.29) is 5.91 Å². The molecule has 2 heterocycles. The molecular formula is C17H20N4OS. The Labute approximate surface area is 140 Å². The number of carbonyl (C=O) groups is 1. The molecule has 3 rings (SSSR count). The third-order valence-electron chi connectivity index (χ3n) is 3.81. The van der Waals surface area contributed by atoms with Crippen LogP contribution in [0.25, 0.3) is 0 Å². The van der Waals surface area contributed by atoms with Gasteiger partial charge in [0.25, 0.3) is 5.91 Å². The lowest BCUT2D eigenvalue weighted by Crippen LogP contribution is -2.32. The van der Waals surface area contributed by atoms with Gasteiger partial charge in [0.15, 0.2) is 5.82 Å². The zero-order valence-corrected chi connectivity index (χ0v) is 13.8. The highest BCUT2D eigenvalue weighted by molar-refractivity contribution is 7.99. The Balaban J connectivity index is 1.86. The van der Waals surface area contributed by atoms with Crippen LogP contribution in [-0.2, 0) is 0 Å². The maximum Gasteiger partial charge on any atom is 0.260 e. The Morgan fingerprint density at radius 3 is 2.70 bits per heavy atom. The van der Waals surface area contributed by atoms with Crippen LogP contribution < -0.4 is 10.6 Å². The van der Waals surface area contributed by atoms with Crippen molar-refractivity contribution >= 4 is 23.5 Å². The molecule has 0 saturated carbocycles. The molecule has 0 bridgehead atoms. The lowest BCUT2D eigenvalue weighted by molar-refractivity contribution is 0.0982. The van der Waals surface area contributed by atoms with Crippen molar-refractivity contribution in [1.29, 1.82) is 0 Å². The fourth-order valence-corrected chi connectivity index (χ4v) is 3.62. The molecule has 120 valence electrons. The van der Waals surface area contributed by atoms with Crippen molar-refractivity contribution < 1.29 is 4.79 Å². The summed E-state index contributed by atoms with van der Waals surface area (Å²) in [5.74, 6) is 0.670. The lowest BCUT2D eigenvalue weighted by Gasteiger charge is -2.21. The smallest absolute Gasteiger partial charge is 0.260 e. The van der Waals surface area contributed by atoms with Gasteiger partial charge in [0.1, 0.15) is 5.03 Å². The minimum absolute atomic E-state index is 0.00572. The number of hydrogen-bond acceptors (Lipinski definition) is 5. The second-order valence-electron chi connectivity index (χ2n) is 5.44. The highest BCUT2D eigenvalue weighted by atomic mass is 32.2. The second-order valence-corrected chi connectivity index (χ2v) is 6.47. The van der Waals surface area contributed by atoms with Gasteiger partial charge in [-0.3, -0.25) is 9.69 Å². The molecule has 0 aliphatic carbocycles. The SMILES string of the molecule is NCCCCCCN1C(=O)c2ccccc2Sc2nccnc21. The highest BCUT2D eigenvalue weighted by Gasteiger charge is 2.28. The Morgan fingerprint density at radius 2 is 1.83 bits per heavy atom. The van der Waals surface area contributed by atoms with Crippen LogP contribution in [0.2, 0.25) is 0 Å². The summed E-state index contributed by atoms with van der Waals surface area (Å²) in [4.78, 5) is 24.5. The van der Waals surface area contributed by atoms with E-state index in [0.717, 1.165) is 47.7 Å². The van der Waals surface area contributed by atoms with Gasteiger partial charge >= 0.3 is 0 Å². The molecular weight excluding hydrogens is 308 g/mol. The van der Waals surface area contributed by atoms with Crippen LogP contribution in [0.15, 0.2) is 46.6 Å². The van der Waals surface area contributed by atoms with E-state index in [9.17, 15) is 4.79 Å². The number of benzene rings is 1. The van der Waals surface area contributed by atoms with Crippen LogP contribution >= 0.6 is 11.8 Å². The fourth-order valence-electron chi connectivity index (χ4n) is 2.63. The van der Waals surface area contributed by atoms with E-state index in [1.807, 2.05) is 24.3 Å². The van der Waals surface area contributed by atoms with Crippen molar-refractivity contribution in [2.75, 3.05) is 18.0 Å². The minimum Gasteiger partial charge on any atom is -0.330 e. The average Bonchev–Trinajstić information content (AvgIpc) is 2.70. The first-order chi connectivity index (χ1) is 11.3. The van der Waals surface area contributed by atoms with E-state index in [2.05, 4.69) is 9.97 Å². The molecule has 1 amide bonds. The van der Waals surface area contributed by atoms with E-state index in [1.165, 1.54) is 11.8 Å². The number of anilines is 1. The molecule has 0 saturated heterocycles. The summed E-state index contributed by atoms with van der Waals surface area (Å²) < 4.78 is 0. The molecule has 0 unspecified atom stereocenters. The largest absolute Gasteiger partial charge is 0.330 e. The van der Waals surface area contributed by atoms with E-state index in [1.54, 1.807) is 17.3 Å². The molecule has 2 aromatic rings. The summed E-state index contributed by atoms with van der Waals surface area (Å²) in [6, 6.07) is 7.67. The molecule has 0 spiro atoms. The number of unbranched alkanes of at least 4 members (excludes halogenated alkanes) is 3. The number of carbonyl (C=O) groups excluding carboxylic acids is 1. The Morgan fingerprint density at radius 1 is 1.04 bits per heavy atom. The molecule has 23 heavy (non-hydrogen) atoms. The summed E-state index contributed by atoms with van der Waals surface area (Å²) in [6.45, 7) is 1.38. The van der Waals surface area contributed by atoms with Crippen molar-refractivity contribution in [2.24, 2.45) is 5.73 Å². The predicted octanol–water partition coefficient (Wildman–Crippen LogP) is 3.11. The van der Waals surface area contributed by atoms with Crippen molar-refractivity contribution in [3.63, 3.8) is 0 Å².